The number of piperazine rings is 1. The third kappa shape index (κ3) is 4.38. The molecule has 0 unspecified atom stereocenters. The predicted molar refractivity (Wildman–Crippen MR) is 80.3 cm³/mol. The van der Waals surface area contributed by atoms with E-state index in [0.717, 1.165) is 12.1 Å². The van der Waals surface area contributed by atoms with Crippen LogP contribution in [-0.4, -0.2) is 59.1 Å². The lowest BCUT2D eigenvalue weighted by Gasteiger charge is -2.35. The van der Waals surface area contributed by atoms with Crippen LogP contribution in [0.3, 0.4) is 0 Å². The standard InChI is InChI=1S/C15H18F3N3O3/c1-10(22)13(23)20-5-7-21(8-6-20)14(24)19-12-4-2-3-11(9-12)15(16,17)18/h2-4,9-10,22H,5-8H2,1H3,(H,19,24)/t10-/m0/s1. The van der Waals surface area contributed by atoms with Crippen molar-refractivity contribution in [3.05, 3.63) is 29.8 Å². The maximum absolute atomic E-state index is 12.7. The van der Waals surface area contributed by atoms with Crippen LogP contribution in [0.5, 0.6) is 0 Å². The van der Waals surface area contributed by atoms with Gasteiger partial charge in [-0.3, -0.25) is 4.79 Å². The Bertz CT molecular complexity index is 611. The molecule has 0 radical (unpaired) electrons. The highest BCUT2D eigenvalue weighted by atomic mass is 19.4. The Morgan fingerprint density at radius 1 is 1.17 bits per heavy atom. The predicted octanol–water partition coefficient (Wildman–Crippen LogP) is 1.76. The number of aliphatic hydroxyl groups is 1. The third-order valence-electron chi connectivity index (χ3n) is 3.68. The number of carbonyl (C=O) groups is 2. The molecule has 1 atom stereocenters. The Kier molecular flexibility index (Phi) is 5.33. The van der Waals surface area contributed by atoms with E-state index in [-0.39, 0.29) is 31.9 Å². The molecule has 1 fully saturated rings. The van der Waals surface area contributed by atoms with Crippen LogP contribution in [0.25, 0.3) is 0 Å². The van der Waals surface area contributed by atoms with Gasteiger partial charge < -0.3 is 20.2 Å². The number of carbonyl (C=O) groups excluding carboxylic acids is 2. The minimum Gasteiger partial charge on any atom is -0.384 e. The number of halogens is 3. The second-order valence-corrected chi connectivity index (χ2v) is 5.50. The van der Waals surface area contributed by atoms with E-state index < -0.39 is 29.8 Å². The molecule has 3 amide bonds. The van der Waals surface area contributed by atoms with E-state index in [1.165, 1.54) is 28.9 Å². The molecular formula is C15H18F3N3O3. The molecule has 2 N–H and O–H groups in total. The van der Waals surface area contributed by atoms with Gasteiger partial charge in [0.2, 0.25) is 0 Å². The molecule has 0 saturated carbocycles. The van der Waals surface area contributed by atoms with Crippen LogP contribution < -0.4 is 5.32 Å². The highest BCUT2D eigenvalue weighted by molar-refractivity contribution is 5.89. The summed E-state index contributed by atoms with van der Waals surface area (Å²) in [7, 11) is 0. The minimum atomic E-state index is -4.48. The molecule has 1 saturated heterocycles. The molecule has 132 valence electrons. The van der Waals surface area contributed by atoms with Crippen molar-refractivity contribution in [2.24, 2.45) is 0 Å². The highest BCUT2D eigenvalue weighted by Gasteiger charge is 2.31. The van der Waals surface area contributed by atoms with Gasteiger partial charge >= 0.3 is 12.2 Å². The Labute approximate surface area is 136 Å². The average Bonchev–Trinajstić information content (AvgIpc) is 2.53. The average molecular weight is 345 g/mol. The first-order valence-electron chi connectivity index (χ1n) is 7.38. The van der Waals surface area contributed by atoms with E-state index in [4.69, 9.17) is 0 Å². The summed E-state index contributed by atoms with van der Waals surface area (Å²) >= 11 is 0. The fourth-order valence-corrected chi connectivity index (χ4v) is 2.37. The summed E-state index contributed by atoms with van der Waals surface area (Å²) in [5.74, 6) is -0.409. The number of alkyl halides is 3. The van der Waals surface area contributed by atoms with Gasteiger partial charge in [-0.05, 0) is 25.1 Å². The number of hydrogen-bond acceptors (Lipinski definition) is 3. The van der Waals surface area contributed by atoms with E-state index in [9.17, 15) is 27.9 Å². The minimum absolute atomic E-state index is 0.0531. The van der Waals surface area contributed by atoms with Gasteiger partial charge in [0.1, 0.15) is 6.10 Å². The van der Waals surface area contributed by atoms with Gasteiger partial charge in [-0.2, -0.15) is 13.2 Å². The van der Waals surface area contributed by atoms with Crippen molar-refractivity contribution in [1.82, 2.24) is 9.80 Å². The molecule has 0 aromatic heterocycles. The molecule has 0 bridgehead atoms. The number of aliphatic hydroxyl groups excluding tert-OH is 1. The number of urea groups is 1. The Morgan fingerprint density at radius 2 is 1.75 bits per heavy atom. The van der Waals surface area contributed by atoms with E-state index in [1.807, 2.05) is 0 Å². The largest absolute Gasteiger partial charge is 0.416 e. The SMILES string of the molecule is C[C@H](O)C(=O)N1CCN(C(=O)Nc2cccc(C(F)(F)F)c2)CC1. The van der Waals surface area contributed by atoms with E-state index in [1.54, 1.807) is 0 Å². The second kappa shape index (κ2) is 7.08. The van der Waals surface area contributed by atoms with Crippen LogP contribution in [0.2, 0.25) is 0 Å². The quantitative estimate of drug-likeness (QED) is 0.858. The van der Waals surface area contributed by atoms with Crippen molar-refractivity contribution in [3.8, 4) is 0 Å². The van der Waals surface area contributed by atoms with E-state index >= 15 is 0 Å². The Hall–Kier alpha value is -2.29. The van der Waals surface area contributed by atoms with E-state index in [2.05, 4.69) is 5.32 Å². The highest BCUT2D eigenvalue weighted by Crippen LogP contribution is 2.30. The number of nitrogens with zero attached hydrogens (tertiary/aromatic N) is 2. The topological polar surface area (TPSA) is 72.9 Å². The maximum atomic E-state index is 12.7. The molecule has 2 rings (SSSR count). The van der Waals surface area contributed by atoms with Crippen molar-refractivity contribution in [2.75, 3.05) is 31.5 Å². The van der Waals surface area contributed by atoms with Crippen LogP contribution in [0, 0.1) is 0 Å². The summed E-state index contributed by atoms with van der Waals surface area (Å²) in [6, 6.07) is 3.86. The van der Waals surface area contributed by atoms with Crippen LogP contribution in [-0.2, 0) is 11.0 Å². The van der Waals surface area contributed by atoms with Gasteiger partial charge in [0.15, 0.2) is 0 Å². The first kappa shape index (κ1) is 18.1. The fraction of sp³-hybridized carbons (Fsp3) is 0.467. The van der Waals surface area contributed by atoms with Crippen molar-refractivity contribution < 1.29 is 27.9 Å². The van der Waals surface area contributed by atoms with Crippen LogP contribution in [0.15, 0.2) is 24.3 Å². The molecule has 1 aromatic rings. The lowest BCUT2D eigenvalue weighted by atomic mass is 10.2. The van der Waals surface area contributed by atoms with Gasteiger partial charge in [0.05, 0.1) is 5.56 Å². The molecule has 1 aromatic carbocycles. The number of nitrogens with one attached hydrogen (secondary N) is 1. The molecule has 1 aliphatic rings. The fourth-order valence-electron chi connectivity index (χ4n) is 2.37. The number of benzene rings is 1. The zero-order valence-corrected chi connectivity index (χ0v) is 13.0. The summed E-state index contributed by atoms with van der Waals surface area (Å²) in [5, 5.41) is 11.7. The lowest BCUT2D eigenvalue weighted by molar-refractivity contribution is -0.140. The van der Waals surface area contributed by atoms with Crippen molar-refractivity contribution in [2.45, 2.75) is 19.2 Å². The lowest BCUT2D eigenvalue weighted by Crippen LogP contribution is -2.53. The molecule has 0 aliphatic carbocycles. The van der Waals surface area contributed by atoms with Crippen LogP contribution in [0.1, 0.15) is 12.5 Å². The molecule has 6 nitrogen and oxygen atoms in total. The van der Waals surface area contributed by atoms with Gasteiger partial charge in [-0.25, -0.2) is 4.79 Å². The number of rotatable bonds is 2. The summed E-state index contributed by atoms with van der Waals surface area (Å²) in [4.78, 5) is 26.6. The van der Waals surface area contributed by atoms with Crippen molar-refractivity contribution in [1.29, 1.82) is 0 Å². The van der Waals surface area contributed by atoms with Crippen molar-refractivity contribution in [3.63, 3.8) is 0 Å². The second-order valence-electron chi connectivity index (χ2n) is 5.50. The van der Waals surface area contributed by atoms with Gasteiger partial charge in [0, 0.05) is 31.9 Å². The first-order chi connectivity index (χ1) is 11.2. The zero-order valence-electron chi connectivity index (χ0n) is 13.0. The molecule has 0 spiro atoms. The molecule has 24 heavy (non-hydrogen) atoms. The monoisotopic (exact) mass is 345 g/mol. The summed E-state index contributed by atoms with van der Waals surface area (Å²) in [5.41, 5.74) is -0.787. The molecular weight excluding hydrogens is 327 g/mol. The van der Waals surface area contributed by atoms with Gasteiger partial charge in [-0.1, -0.05) is 6.07 Å². The first-order valence-corrected chi connectivity index (χ1v) is 7.38. The smallest absolute Gasteiger partial charge is 0.384 e. The summed E-state index contributed by atoms with van der Waals surface area (Å²) < 4.78 is 38.0. The van der Waals surface area contributed by atoms with E-state index in [0.29, 0.717) is 0 Å². The van der Waals surface area contributed by atoms with Gasteiger partial charge in [-0.15, -0.1) is 0 Å². The number of amides is 3. The summed E-state index contributed by atoms with van der Waals surface area (Å²) in [6.07, 6.45) is -5.58. The number of hydrogen-bond donors (Lipinski definition) is 2. The van der Waals surface area contributed by atoms with Gasteiger partial charge in [0.25, 0.3) is 5.91 Å². The Morgan fingerprint density at radius 3 is 2.29 bits per heavy atom. The Balaban J connectivity index is 1.94. The van der Waals surface area contributed by atoms with Crippen LogP contribution in [0.4, 0.5) is 23.7 Å². The summed E-state index contributed by atoms with van der Waals surface area (Å²) in [6.45, 7) is 2.38. The number of anilines is 1. The zero-order chi connectivity index (χ0) is 17.9. The normalized spacial score (nSPS) is 16.7. The van der Waals surface area contributed by atoms with Crippen LogP contribution >= 0.6 is 0 Å². The van der Waals surface area contributed by atoms with Crippen molar-refractivity contribution >= 4 is 17.6 Å². The third-order valence-corrected chi connectivity index (χ3v) is 3.68. The molecule has 1 heterocycles. The molecule has 1 aliphatic heterocycles. The molecule has 9 heteroatoms. The maximum Gasteiger partial charge on any atom is 0.416 e.